The van der Waals surface area contributed by atoms with Crippen LogP contribution in [0.3, 0.4) is 0 Å². The lowest BCUT2D eigenvalue weighted by Crippen LogP contribution is -2.12. The van der Waals surface area contributed by atoms with Crippen LogP contribution in [0.4, 0.5) is 4.39 Å². The molecule has 1 heterocycles. The second kappa shape index (κ2) is 9.19. The predicted octanol–water partition coefficient (Wildman–Crippen LogP) is 1.67. The predicted molar refractivity (Wildman–Crippen MR) is 76.5 cm³/mol. The number of hydrogen-bond donors (Lipinski definition) is 3. The summed E-state index contributed by atoms with van der Waals surface area (Å²) in [5.41, 5.74) is 2.07. The van der Waals surface area contributed by atoms with Crippen molar-refractivity contribution in [1.29, 1.82) is 0 Å². The molecule has 0 amide bonds. The number of nitrogens with zero attached hydrogens (tertiary/aromatic N) is 1. The highest BCUT2D eigenvalue weighted by molar-refractivity contribution is 6.27. The Morgan fingerprint density at radius 2 is 1.68 bits per heavy atom. The summed E-state index contributed by atoms with van der Waals surface area (Å²) in [4.78, 5) is 22.2. The van der Waals surface area contributed by atoms with Crippen LogP contribution in [0.25, 0.3) is 0 Å². The van der Waals surface area contributed by atoms with Crippen LogP contribution in [0.5, 0.6) is 0 Å². The van der Waals surface area contributed by atoms with Crippen LogP contribution in [0.15, 0.2) is 48.8 Å². The van der Waals surface area contributed by atoms with Crippen LogP contribution in [-0.2, 0) is 22.7 Å². The maximum atomic E-state index is 12.9. The first-order valence-corrected chi connectivity index (χ1v) is 6.29. The number of aliphatic carboxylic acids is 2. The van der Waals surface area contributed by atoms with Gasteiger partial charge in [0.15, 0.2) is 0 Å². The van der Waals surface area contributed by atoms with Gasteiger partial charge in [-0.3, -0.25) is 4.98 Å². The van der Waals surface area contributed by atoms with E-state index in [9.17, 15) is 4.39 Å². The van der Waals surface area contributed by atoms with Gasteiger partial charge in [0.25, 0.3) is 0 Å². The van der Waals surface area contributed by atoms with Crippen LogP contribution in [0.2, 0.25) is 0 Å². The highest BCUT2D eigenvalue weighted by atomic mass is 19.1. The van der Waals surface area contributed by atoms with E-state index in [1.165, 1.54) is 12.1 Å². The fraction of sp³-hybridized carbons (Fsp3) is 0.133. The average Bonchev–Trinajstić information content (AvgIpc) is 2.49. The van der Waals surface area contributed by atoms with Gasteiger partial charge in [-0.15, -0.1) is 0 Å². The minimum Gasteiger partial charge on any atom is -0.473 e. The Morgan fingerprint density at radius 3 is 2.23 bits per heavy atom. The van der Waals surface area contributed by atoms with Crippen LogP contribution in [0.1, 0.15) is 11.1 Å². The van der Waals surface area contributed by atoms with Gasteiger partial charge in [-0.2, -0.15) is 0 Å². The second-order valence-corrected chi connectivity index (χ2v) is 4.21. The Kier molecular flexibility index (Phi) is 7.21. The lowest BCUT2D eigenvalue weighted by Gasteiger charge is -2.04. The largest absolute Gasteiger partial charge is 0.473 e. The monoisotopic (exact) mass is 306 g/mol. The van der Waals surface area contributed by atoms with E-state index < -0.39 is 11.9 Å². The lowest BCUT2D eigenvalue weighted by molar-refractivity contribution is -0.159. The molecule has 7 heteroatoms. The molecule has 0 radical (unpaired) electrons. The van der Waals surface area contributed by atoms with Crippen molar-refractivity contribution in [3.8, 4) is 0 Å². The Labute approximate surface area is 126 Å². The normalized spacial score (nSPS) is 9.50. The van der Waals surface area contributed by atoms with Gasteiger partial charge >= 0.3 is 11.9 Å². The van der Waals surface area contributed by atoms with Crippen molar-refractivity contribution in [2.24, 2.45) is 0 Å². The second-order valence-electron chi connectivity index (χ2n) is 4.21. The zero-order valence-corrected chi connectivity index (χ0v) is 11.6. The minimum atomic E-state index is -1.82. The van der Waals surface area contributed by atoms with Crippen LogP contribution < -0.4 is 5.32 Å². The number of carbonyl (C=O) groups is 2. The van der Waals surface area contributed by atoms with Gasteiger partial charge in [-0.25, -0.2) is 14.0 Å². The van der Waals surface area contributed by atoms with Gasteiger partial charge < -0.3 is 15.5 Å². The van der Waals surface area contributed by atoms with Gasteiger partial charge in [0.05, 0.1) is 0 Å². The van der Waals surface area contributed by atoms with Crippen molar-refractivity contribution < 1.29 is 24.2 Å². The number of pyridine rings is 1. The summed E-state index contributed by atoms with van der Waals surface area (Å²) in [6.45, 7) is 1.40. The molecule has 0 atom stereocenters. The SMILES string of the molecule is Fc1cccc(CNCc2cccnc2)c1.O=C(O)C(=O)O. The number of carboxylic acid groups (broad SMARTS) is 2. The standard InChI is InChI=1S/C13H13FN2.C2H2O4/c14-13-5-1-3-11(7-13)8-16-10-12-4-2-6-15-9-12;3-1(4)2(5)6/h1-7,9,16H,8,10H2;(H,3,4)(H,5,6). The maximum absolute atomic E-state index is 12.9. The van der Waals surface area contributed by atoms with E-state index in [0.29, 0.717) is 6.54 Å². The minimum absolute atomic E-state index is 0.194. The molecule has 0 aliphatic heterocycles. The third-order valence-electron chi connectivity index (χ3n) is 2.45. The Morgan fingerprint density at radius 1 is 1.05 bits per heavy atom. The molecule has 0 unspecified atom stereocenters. The zero-order chi connectivity index (χ0) is 16.4. The summed E-state index contributed by atoms with van der Waals surface area (Å²) in [6.07, 6.45) is 3.56. The quantitative estimate of drug-likeness (QED) is 0.743. The number of carboxylic acids is 2. The Hall–Kier alpha value is -2.80. The molecule has 1 aromatic heterocycles. The molecule has 0 saturated heterocycles. The molecule has 0 fully saturated rings. The van der Waals surface area contributed by atoms with Crippen LogP contribution >= 0.6 is 0 Å². The molecular weight excluding hydrogens is 291 g/mol. The first kappa shape index (κ1) is 17.3. The number of rotatable bonds is 4. The van der Waals surface area contributed by atoms with Gasteiger partial charge in [-0.05, 0) is 29.3 Å². The first-order valence-electron chi connectivity index (χ1n) is 6.29. The molecule has 2 rings (SSSR count). The van der Waals surface area contributed by atoms with E-state index in [4.69, 9.17) is 19.8 Å². The first-order chi connectivity index (χ1) is 10.5. The Bertz CT molecular complexity index is 608. The summed E-state index contributed by atoms with van der Waals surface area (Å²) < 4.78 is 12.9. The van der Waals surface area contributed by atoms with Crippen molar-refractivity contribution in [2.75, 3.05) is 0 Å². The van der Waals surface area contributed by atoms with E-state index in [-0.39, 0.29) is 5.82 Å². The van der Waals surface area contributed by atoms with Crippen molar-refractivity contribution in [1.82, 2.24) is 10.3 Å². The highest BCUT2D eigenvalue weighted by Crippen LogP contribution is 2.03. The maximum Gasteiger partial charge on any atom is 0.414 e. The molecule has 0 saturated carbocycles. The van der Waals surface area contributed by atoms with Gasteiger partial charge in [0.1, 0.15) is 5.82 Å². The molecule has 0 spiro atoms. The smallest absolute Gasteiger partial charge is 0.414 e. The topological polar surface area (TPSA) is 99.5 Å². The van der Waals surface area contributed by atoms with Crippen molar-refractivity contribution in [2.45, 2.75) is 13.1 Å². The van der Waals surface area contributed by atoms with E-state index in [0.717, 1.165) is 17.7 Å². The third-order valence-corrected chi connectivity index (χ3v) is 2.45. The Balaban J connectivity index is 0.000000346. The fourth-order valence-corrected chi connectivity index (χ4v) is 1.50. The molecule has 6 nitrogen and oxygen atoms in total. The molecule has 116 valence electrons. The van der Waals surface area contributed by atoms with Crippen molar-refractivity contribution in [3.63, 3.8) is 0 Å². The highest BCUT2D eigenvalue weighted by Gasteiger charge is 2.04. The van der Waals surface area contributed by atoms with E-state index >= 15 is 0 Å². The van der Waals surface area contributed by atoms with Crippen molar-refractivity contribution >= 4 is 11.9 Å². The van der Waals surface area contributed by atoms with Gasteiger partial charge in [0.2, 0.25) is 0 Å². The van der Waals surface area contributed by atoms with Gasteiger partial charge in [-0.1, -0.05) is 18.2 Å². The summed E-state index contributed by atoms with van der Waals surface area (Å²) in [7, 11) is 0. The molecule has 22 heavy (non-hydrogen) atoms. The molecule has 0 aliphatic carbocycles. The molecule has 1 aromatic carbocycles. The molecule has 0 aliphatic rings. The van der Waals surface area contributed by atoms with E-state index in [2.05, 4.69) is 10.3 Å². The number of benzene rings is 1. The number of nitrogens with one attached hydrogen (secondary N) is 1. The lowest BCUT2D eigenvalue weighted by atomic mass is 10.2. The summed E-state index contributed by atoms with van der Waals surface area (Å²) in [6, 6.07) is 10.5. The van der Waals surface area contributed by atoms with Crippen molar-refractivity contribution in [3.05, 3.63) is 65.7 Å². The van der Waals surface area contributed by atoms with E-state index in [1.807, 2.05) is 24.4 Å². The average molecular weight is 306 g/mol. The summed E-state index contributed by atoms with van der Waals surface area (Å²) in [5, 5.41) is 18.0. The number of aromatic nitrogens is 1. The molecule has 2 aromatic rings. The number of halogens is 1. The van der Waals surface area contributed by atoms with E-state index in [1.54, 1.807) is 12.3 Å². The van der Waals surface area contributed by atoms with Gasteiger partial charge in [0, 0.05) is 25.5 Å². The fourth-order valence-electron chi connectivity index (χ4n) is 1.50. The van der Waals surface area contributed by atoms with Crippen LogP contribution in [-0.4, -0.2) is 27.1 Å². The number of hydrogen-bond acceptors (Lipinski definition) is 4. The summed E-state index contributed by atoms with van der Waals surface area (Å²) in [5.74, 6) is -3.84. The van der Waals surface area contributed by atoms with Crippen LogP contribution in [0, 0.1) is 5.82 Å². The molecule has 0 bridgehead atoms. The third kappa shape index (κ3) is 7.11. The summed E-state index contributed by atoms with van der Waals surface area (Å²) >= 11 is 0. The zero-order valence-electron chi connectivity index (χ0n) is 11.6. The molecular formula is C15H15FN2O4. The molecule has 3 N–H and O–H groups in total.